The van der Waals surface area contributed by atoms with Crippen LogP contribution in [0, 0.1) is 6.92 Å². The molecule has 30 heavy (non-hydrogen) atoms. The van der Waals surface area contributed by atoms with Crippen LogP contribution in [0.15, 0.2) is 53.8 Å². The molecule has 3 N–H and O–H groups in total. The summed E-state index contributed by atoms with van der Waals surface area (Å²) in [6, 6.07) is 12.1. The minimum absolute atomic E-state index is 0. The molecule has 1 aliphatic rings. The van der Waals surface area contributed by atoms with Gasteiger partial charge in [0.1, 0.15) is 5.65 Å². The lowest BCUT2D eigenvalue weighted by molar-refractivity contribution is -0.116. The van der Waals surface area contributed by atoms with E-state index in [1.807, 2.05) is 30.5 Å². The van der Waals surface area contributed by atoms with Gasteiger partial charge in [-0.1, -0.05) is 24.3 Å². The summed E-state index contributed by atoms with van der Waals surface area (Å²) in [5, 5.41) is 9.63. The van der Waals surface area contributed by atoms with E-state index < -0.39 is 0 Å². The molecule has 158 valence electrons. The van der Waals surface area contributed by atoms with Gasteiger partial charge in [-0.15, -0.1) is 24.0 Å². The molecule has 0 fully saturated rings. The Bertz CT molecular complexity index is 1060. The van der Waals surface area contributed by atoms with Crippen LogP contribution in [-0.4, -0.2) is 41.4 Å². The first-order chi connectivity index (χ1) is 14.1. The van der Waals surface area contributed by atoms with Crippen molar-refractivity contribution in [2.45, 2.75) is 25.7 Å². The summed E-state index contributed by atoms with van der Waals surface area (Å²) in [5.74, 6) is 0.911. The van der Waals surface area contributed by atoms with Gasteiger partial charge in [0, 0.05) is 57.0 Å². The summed E-state index contributed by atoms with van der Waals surface area (Å²) in [6.07, 6.45) is 5.36. The zero-order valence-electron chi connectivity index (χ0n) is 17.2. The molecule has 0 spiro atoms. The Kier molecular flexibility index (Phi) is 7.30. The molecule has 1 atom stereocenters. The topological polar surface area (TPSA) is 82.8 Å². The van der Waals surface area contributed by atoms with Crippen molar-refractivity contribution in [2.75, 3.05) is 25.5 Å². The molecular formula is C22H27IN6O. The number of nitrogens with one attached hydrogen (secondary N) is 3. The van der Waals surface area contributed by atoms with Crippen molar-refractivity contribution in [1.29, 1.82) is 0 Å². The summed E-state index contributed by atoms with van der Waals surface area (Å²) < 4.78 is 2.06. The van der Waals surface area contributed by atoms with Crippen molar-refractivity contribution < 1.29 is 4.79 Å². The Hall–Kier alpha value is -2.62. The van der Waals surface area contributed by atoms with E-state index in [0.717, 1.165) is 41.5 Å². The molecule has 1 unspecified atom stereocenters. The van der Waals surface area contributed by atoms with Crippen LogP contribution in [0.3, 0.4) is 0 Å². The number of aryl methyl sites for hydroxylation is 1. The first-order valence-corrected chi connectivity index (χ1v) is 9.90. The summed E-state index contributed by atoms with van der Waals surface area (Å²) in [7, 11) is 1.76. The van der Waals surface area contributed by atoms with E-state index in [9.17, 15) is 4.79 Å². The number of nitrogens with zero attached hydrogens (tertiary/aromatic N) is 3. The molecule has 4 rings (SSSR count). The predicted octanol–water partition coefficient (Wildman–Crippen LogP) is 3.09. The first-order valence-electron chi connectivity index (χ1n) is 9.90. The molecule has 0 bridgehead atoms. The molecule has 0 saturated carbocycles. The second-order valence-electron chi connectivity index (χ2n) is 7.32. The van der Waals surface area contributed by atoms with Crippen LogP contribution in [0.5, 0.6) is 0 Å². The lowest BCUT2D eigenvalue weighted by Crippen LogP contribution is -2.41. The van der Waals surface area contributed by atoms with Crippen LogP contribution in [0.25, 0.3) is 5.65 Å². The molecule has 1 amide bonds. The van der Waals surface area contributed by atoms with Crippen LogP contribution in [0.1, 0.15) is 29.2 Å². The Morgan fingerprint density at radius 1 is 1.27 bits per heavy atom. The summed E-state index contributed by atoms with van der Waals surface area (Å²) in [4.78, 5) is 21.0. The maximum Gasteiger partial charge on any atom is 0.225 e. The number of hydrogen-bond acceptors (Lipinski definition) is 3. The fraction of sp³-hybridized carbons (Fsp3) is 0.318. The number of carbonyl (C=O) groups is 1. The van der Waals surface area contributed by atoms with Crippen LogP contribution in [0.4, 0.5) is 5.69 Å². The number of halogens is 1. The monoisotopic (exact) mass is 518 g/mol. The summed E-state index contributed by atoms with van der Waals surface area (Å²) >= 11 is 0. The average Bonchev–Trinajstić information content (AvgIpc) is 3.14. The van der Waals surface area contributed by atoms with Crippen molar-refractivity contribution in [1.82, 2.24) is 20.0 Å². The molecule has 3 aromatic rings. The minimum Gasteiger partial charge on any atom is -0.356 e. The molecule has 1 aromatic carbocycles. The van der Waals surface area contributed by atoms with Gasteiger partial charge in [0.2, 0.25) is 5.91 Å². The molecule has 0 aliphatic carbocycles. The van der Waals surface area contributed by atoms with Crippen molar-refractivity contribution >= 4 is 47.2 Å². The van der Waals surface area contributed by atoms with Gasteiger partial charge in [-0.25, -0.2) is 4.98 Å². The number of anilines is 1. The molecular weight excluding hydrogens is 491 g/mol. The number of amides is 1. The van der Waals surface area contributed by atoms with Crippen LogP contribution in [0.2, 0.25) is 0 Å². The highest BCUT2D eigenvalue weighted by Crippen LogP contribution is 2.31. The maximum absolute atomic E-state index is 12.0. The third-order valence-corrected chi connectivity index (χ3v) is 5.25. The molecule has 2 aromatic heterocycles. The van der Waals surface area contributed by atoms with E-state index in [1.54, 1.807) is 7.05 Å². The lowest BCUT2D eigenvalue weighted by atomic mass is 9.90. The SMILES string of the molecule is CN=C(NCCc1cn2cccc(C)c2n1)NCC1CC(=O)Nc2ccccc21.I. The van der Waals surface area contributed by atoms with E-state index in [1.165, 1.54) is 5.56 Å². The number of aliphatic imine (C=N–C) groups is 1. The number of guanidine groups is 1. The van der Waals surface area contributed by atoms with Gasteiger partial charge in [0.05, 0.1) is 5.69 Å². The third-order valence-electron chi connectivity index (χ3n) is 5.25. The fourth-order valence-electron chi connectivity index (χ4n) is 3.76. The maximum atomic E-state index is 12.0. The Morgan fingerprint density at radius 3 is 2.90 bits per heavy atom. The summed E-state index contributed by atoms with van der Waals surface area (Å²) in [5.41, 5.74) is 5.27. The number of imidazole rings is 1. The van der Waals surface area contributed by atoms with Crippen LogP contribution >= 0.6 is 24.0 Å². The van der Waals surface area contributed by atoms with E-state index in [4.69, 9.17) is 4.98 Å². The normalized spacial score (nSPS) is 15.9. The largest absolute Gasteiger partial charge is 0.356 e. The zero-order chi connectivity index (χ0) is 20.2. The van der Waals surface area contributed by atoms with Crippen LogP contribution < -0.4 is 16.0 Å². The fourth-order valence-corrected chi connectivity index (χ4v) is 3.76. The third kappa shape index (κ3) is 4.92. The number of rotatable bonds is 5. The number of carbonyl (C=O) groups excluding carboxylic acids is 1. The van der Waals surface area contributed by atoms with E-state index in [-0.39, 0.29) is 35.8 Å². The second kappa shape index (κ2) is 9.92. The minimum atomic E-state index is 0. The molecule has 1 aliphatic heterocycles. The van der Waals surface area contributed by atoms with E-state index in [0.29, 0.717) is 13.0 Å². The quantitative estimate of drug-likeness (QED) is 0.276. The molecule has 8 heteroatoms. The lowest BCUT2D eigenvalue weighted by Gasteiger charge is -2.26. The number of fused-ring (bicyclic) bond motifs is 2. The van der Waals surface area contributed by atoms with Gasteiger partial charge in [-0.2, -0.15) is 0 Å². The molecule has 7 nitrogen and oxygen atoms in total. The highest BCUT2D eigenvalue weighted by molar-refractivity contribution is 14.0. The number of benzene rings is 1. The van der Waals surface area contributed by atoms with E-state index >= 15 is 0 Å². The van der Waals surface area contributed by atoms with E-state index in [2.05, 4.69) is 50.6 Å². The van der Waals surface area contributed by atoms with Gasteiger partial charge in [-0.05, 0) is 30.2 Å². The smallest absolute Gasteiger partial charge is 0.225 e. The second-order valence-corrected chi connectivity index (χ2v) is 7.32. The molecule has 3 heterocycles. The highest BCUT2D eigenvalue weighted by Gasteiger charge is 2.24. The number of pyridine rings is 1. The van der Waals surface area contributed by atoms with Gasteiger partial charge in [-0.3, -0.25) is 9.79 Å². The first kappa shape index (κ1) is 22.1. The van der Waals surface area contributed by atoms with Gasteiger partial charge >= 0.3 is 0 Å². The van der Waals surface area contributed by atoms with Gasteiger partial charge in [0.25, 0.3) is 0 Å². The Balaban J connectivity index is 0.00000256. The Morgan fingerprint density at radius 2 is 2.10 bits per heavy atom. The Labute approximate surface area is 193 Å². The van der Waals surface area contributed by atoms with Crippen molar-refractivity contribution in [2.24, 2.45) is 4.99 Å². The summed E-state index contributed by atoms with van der Waals surface area (Å²) in [6.45, 7) is 3.45. The number of para-hydroxylation sites is 1. The molecule has 0 radical (unpaired) electrons. The standard InChI is InChI=1S/C22H26N6O.HI/c1-15-6-5-11-28-14-17(26-21(15)28)9-10-24-22(23-2)25-13-16-12-20(29)27-19-8-4-3-7-18(16)19;/h3-8,11,14,16H,9-10,12-13H2,1-2H3,(H,27,29)(H2,23,24,25);1H. The van der Waals surface area contributed by atoms with Crippen molar-refractivity contribution in [3.63, 3.8) is 0 Å². The van der Waals surface area contributed by atoms with Gasteiger partial charge < -0.3 is 20.4 Å². The van der Waals surface area contributed by atoms with Crippen LogP contribution in [-0.2, 0) is 11.2 Å². The van der Waals surface area contributed by atoms with Crippen molar-refractivity contribution in [3.05, 3.63) is 65.6 Å². The zero-order valence-corrected chi connectivity index (χ0v) is 19.5. The highest BCUT2D eigenvalue weighted by atomic mass is 127. The van der Waals surface area contributed by atoms with Gasteiger partial charge in [0.15, 0.2) is 5.96 Å². The predicted molar refractivity (Wildman–Crippen MR) is 131 cm³/mol. The molecule has 0 saturated heterocycles. The number of hydrogen-bond donors (Lipinski definition) is 3. The number of aromatic nitrogens is 2. The average molecular weight is 518 g/mol. The van der Waals surface area contributed by atoms with Crippen molar-refractivity contribution in [3.8, 4) is 0 Å².